The summed E-state index contributed by atoms with van der Waals surface area (Å²) in [6.07, 6.45) is 3.24. The van der Waals surface area contributed by atoms with E-state index in [1.807, 2.05) is 26.0 Å². The molecule has 0 saturated heterocycles. The molecule has 1 aliphatic carbocycles. The summed E-state index contributed by atoms with van der Waals surface area (Å²) in [5.41, 5.74) is -0.266. The van der Waals surface area contributed by atoms with Gasteiger partial charge in [0.1, 0.15) is 0 Å². The van der Waals surface area contributed by atoms with E-state index in [0.29, 0.717) is 6.42 Å². The molecule has 2 heteroatoms. The quantitative estimate of drug-likeness (QED) is 0.489. The molecule has 0 amide bonds. The second-order valence-corrected chi connectivity index (χ2v) is 3.47. The average molecular weight is 142 g/mol. The first-order valence-electron chi connectivity index (χ1n) is 3.58. The van der Waals surface area contributed by atoms with Gasteiger partial charge in [-0.25, -0.2) is 0 Å². The van der Waals surface area contributed by atoms with Gasteiger partial charge in [-0.3, -0.25) is 0 Å². The number of rotatable bonds is 0. The zero-order valence-corrected chi connectivity index (χ0v) is 6.41. The van der Waals surface area contributed by atoms with Gasteiger partial charge >= 0.3 is 0 Å². The highest BCUT2D eigenvalue weighted by molar-refractivity contribution is 5.06. The summed E-state index contributed by atoms with van der Waals surface area (Å²) in [4.78, 5) is 0. The normalized spacial score (nSPS) is 38.0. The van der Waals surface area contributed by atoms with Gasteiger partial charge in [0.05, 0.1) is 12.2 Å². The standard InChI is InChI=1S/C8H14O2/c1-8(2)5-3-4-6(9)7(8)10/h3,5-7,9-10H,4H2,1-2H3. The Labute approximate surface area is 61.2 Å². The number of hydrogen-bond acceptors (Lipinski definition) is 2. The van der Waals surface area contributed by atoms with Gasteiger partial charge in [0.2, 0.25) is 0 Å². The predicted octanol–water partition coefficient (Wildman–Crippen LogP) is 0.694. The van der Waals surface area contributed by atoms with Crippen molar-refractivity contribution in [3.63, 3.8) is 0 Å². The van der Waals surface area contributed by atoms with Crippen molar-refractivity contribution < 1.29 is 10.2 Å². The lowest BCUT2D eigenvalue weighted by Gasteiger charge is -2.33. The van der Waals surface area contributed by atoms with E-state index in [1.165, 1.54) is 0 Å². The molecule has 1 aliphatic rings. The Bertz CT molecular complexity index is 149. The van der Waals surface area contributed by atoms with Gasteiger partial charge in [-0.2, -0.15) is 0 Å². The van der Waals surface area contributed by atoms with E-state index in [2.05, 4.69) is 0 Å². The van der Waals surface area contributed by atoms with Crippen LogP contribution in [0, 0.1) is 5.41 Å². The maximum atomic E-state index is 9.40. The molecule has 0 aromatic rings. The largest absolute Gasteiger partial charge is 0.390 e. The molecule has 0 aliphatic heterocycles. The second-order valence-electron chi connectivity index (χ2n) is 3.47. The molecule has 0 heterocycles. The molecular weight excluding hydrogens is 128 g/mol. The molecule has 2 nitrogen and oxygen atoms in total. The van der Waals surface area contributed by atoms with Crippen molar-refractivity contribution in [2.45, 2.75) is 32.5 Å². The molecule has 0 radical (unpaired) electrons. The van der Waals surface area contributed by atoms with E-state index in [1.54, 1.807) is 0 Å². The Kier molecular flexibility index (Phi) is 1.84. The molecule has 2 atom stereocenters. The molecule has 2 unspecified atom stereocenters. The smallest absolute Gasteiger partial charge is 0.0887 e. The summed E-state index contributed by atoms with van der Waals surface area (Å²) in [5, 5.41) is 18.6. The Morgan fingerprint density at radius 2 is 2.00 bits per heavy atom. The van der Waals surface area contributed by atoms with Crippen LogP contribution in [-0.4, -0.2) is 22.4 Å². The van der Waals surface area contributed by atoms with Gasteiger partial charge in [0.25, 0.3) is 0 Å². The monoisotopic (exact) mass is 142 g/mol. The Morgan fingerprint density at radius 3 is 2.40 bits per heavy atom. The summed E-state index contributed by atoms with van der Waals surface area (Å²) in [7, 11) is 0. The van der Waals surface area contributed by atoms with Crippen LogP contribution in [-0.2, 0) is 0 Å². The Morgan fingerprint density at radius 1 is 1.40 bits per heavy atom. The van der Waals surface area contributed by atoms with Crippen molar-refractivity contribution in [2.75, 3.05) is 0 Å². The van der Waals surface area contributed by atoms with Crippen molar-refractivity contribution in [1.29, 1.82) is 0 Å². The van der Waals surface area contributed by atoms with E-state index >= 15 is 0 Å². The minimum atomic E-state index is -0.613. The molecule has 58 valence electrons. The van der Waals surface area contributed by atoms with Crippen molar-refractivity contribution in [3.8, 4) is 0 Å². The minimum absolute atomic E-state index is 0.266. The van der Waals surface area contributed by atoms with Crippen LogP contribution in [0.1, 0.15) is 20.3 Å². The van der Waals surface area contributed by atoms with Gasteiger partial charge in [0.15, 0.2) is 0 Å². The first-order chi connectivity index (χ1) is 4.54. The minimum Gasteiger partial charge on any atom is -0.390 e. The van der Waals surface area contributed by atoms with Crippen LogP contribution in [0.2, 0.25) is 0 Å². The number of aliphatic hydroxyl groups excluding tert-OH is 2. The van der Waals surface area contributed by atoms with Crippen LogP contribution < -0.4 is 0 Å². The van der Waals surface area contributed by atoms with E-state index in [-0.39, 0.29) is 5.41 Å². The number of aliphatic hydroxyl groups is 2. The molecule has 0 aromatic carbocycles. The number of hydrogen-bond donors (Lipinski definition) is 2. The van der Waals surface area contributed by atoms with Crippen molar-refractivity contribution in [1.82, 2.24) is 0 Å². The van der Waals surface area contributed by atoms with Crippen LogP contribution in [0.3, 0.4) is 0 Å². The summed E-state index contributed by atoms with van der Waals surface area (Å²) < 4.78 is 0. The lowest BCUT2D eigenvalue weighted by atomic mass is 9.79. The first kappa shape index (κ1) is 7.76. The molecule has 10 heavy (non-hydrogen) atoms. The second kappa shape index (κ2) is 2.36. The van der Waals surface area contributed by atoms with E-state index < -0.39 is 12.2 Å². The highest BCUT2D eigenvalue weighted by Gasteiger charge is 2.33. The summed E-state index contributed by atoms with van der Waals surface area (Å²) >= 11 is 0. The fourth-order valence-corrected chi connectivity index (χ4v) is 1.23. The average Bonchev–Trinajstić information content (AvgIpc) is 1.83. The summed E-state index contributed by atoms with van der Waals surface area (Å²) in [6, 6.07) is 0. The third-order valence-corrected chi connectivity index (χ3v) is 2.05. The molecule has 0 aromatic heterocycles. The maximum absolute atomic E-state index is 9.40. The molecule has 1 rings (SSSR count). The topological polar surface area (TPSA) is 40.5 Å². The Balaban J connectivity index is 2.77. The van der Waals surface area contributed by atoms with Crippen molar-refractivity contribution in [2.24, 2.45) is 5.41 Å². The molecule has 0 saturated carbocycles. The van der Waals surface area contributed by atoms with Crippen molar-refractivity contribution >= 4 is 0 Å². The van der Waals surface area contributed by atoms with E-state index in [9.17, 15) is 10.2 Å². The fourth-order valence-electron chi connectivity index (χ4n) is 1.23. The first-order valence-corrected chi connectivity index (χ1v) is 3.58. The van der Waals surface area contributed by atoms with Crippen LogP contribution in [0.5, 0.6) is 0 Å². The Hall–Kier alpha value is -0.340. The van der Waals surface area contributed by atoms with Gasteiger partial charge < -0.3 is 10.2 Å². The lowest BCUT2D eigenvalue weighted by Crippen LogP contribution is -2.40. The maximum Gasteiger partial charge on any atom is 0.0887 e. The highest BCUT2D eigenvalue weighted by Crippen LogP contribution is 2.29. The van der Waals surface area contributed by atoms with E-state index in [0.717, 1.165) is 0 Å². The molecule has 0 fully saturated rings. The van der Waals surface area contributed by atoms with Crippen LogP contribution in [0.25, 0.3) is 0 Å². The van der Waals surface area contributed by atoms with Gasteiger partial charge in [-0.1, -0.05) is 26.0 Å². The SMILES string of the molecule is CC1(C)C=CCC(O)C1O. The molecule has 2 N–H and O–H groups in total. The van der Waals surface area contributed by atoms with Crippen molar-refractivity contribution in [3.05, 3.63) is 12.2 Å². The lowest BCUT2D eigenvalue weighted by molar-refractivity contribution is -0.0378. The zero-order valence-electron chi connectivity index (χ0n) is 6.41. The third kappa shape index (κ3) is 1.22. The molecule has 0 bridgehead atoms. The van der Waals surface area contributed by atoms with Gasteiger partial charge in [0, 0.05) is 5.41 Å². The molecule has 0 spiro atoms. The predicted molar refractivity (Wildman–Crippen MR) is 39.6 cm³/mol. The zero-order chi connectivity index (χ0) is 7.78. The van der Waals surface area contributed by atoms with Crippen LogP contribution >= 0.6 is 0 Å². The molecular formula is C8H14O2. The fraction of sp³-hybridized carbons (Fsp3) is 0.750. The van der Waals surface area contributed by atoms with Crippen LogP contribution in [0.15, 0.2) is 12.2 Å². The van der Waals surface area contributed by atoms with Gasteiger partial charge in [-0.05, 0) is 6.42 Å². The van der Waals surface area contributed by atoms with Gasteiger partial charge in [-0.15, -0.1) is 0 Å². The van der Waals surface area contributed by atoms with Crippen LogP contribution in [0.4, 0.5) is 0 Å². The van der Waals surface area contributed by atoms with E-state index in [4.69, 9.17) is 0 Å². The third-order valence-electron chi connectivity index (χ3n) is 2.05. The summed E-state index contributed by atoms with van der Waals surface area (Å²) in [5.74, 6) is 0. The summed E-state index contributed by atoms with van der Waals surface area (Å²) in [6.45, 7) is 3.83. The highest BCUT2D eigenvalue weighted by atomic mass is 16.3.